The number of fused-ring (bicyclic) bond motifs is 1. The van der Waals surface area contributed by atoms with Crippen molar-refractivity contribution in [2.45, 2.75) is 19.3 Å². The first kappa shape index (κ1) is 22.0. The van der Waals surface area contributed by atoms with Crippen molar-refractivity contribution in [1.82, 2.24) is 19.4 Å². The average molecular weight is 454 g/mol. The zero-order valence-corrected chi connectivity index (χ0v) is 17.0. The topological polar surface area (TPSA) is 86.0 Å². The molecule has 0 fully saturated rings. The molecule has 2 aromatic carbocycles. The predicted octanol–water partition coefficient (Wildman–Crippen LogP) is 2.88. The van der Waals surface area contributed by atoms with Crippen LogP contribution in [-0.4, -0.2) is 20.0 Å². The SMILES string of the molecule is O=C(Cn1c(=O)n(-c2cccc(C(F)(F)F)c2)c(=O)c2ccccc21)NCc1cccnc1. The largest absolute Gasteiger partial charge is 0.416 e. The summed E-state index contributed by atoms with van der Waals surface area (Å²) in [6.07, 6.45) is -1.48. The summed E-state index contributed by atoms with van der Waals surface area (Å²) in [4.78, 5) is 42.8. The van der Waals surface area contributed by atoms with Crippen molar-refractivity contribution in [2.24, 2.45) is 0 Å². The van der Waals surface area contributed by atoms with Gasteiger partial charge in [0.15, 0.2) is 0 Å². The molecular formula is C23H17F3N4O3. The van der Waals surface area contributed by atoms with E-state index < -0.39 is 35.4 Å². The molecule has 10 heteroatoms. The lowest BCUT2D eigenvalue weighted by Crippen LogP contribution is -2.41. The molecule has 0 aliphatic rings. The van der Waals surface area contributed by atoms with Crippen LogP contribution in [0.1, 0.15) is 11.1 Å². The molecule has 168 valence electrons. The van der Waals surface area contributed by atoms with Gasteiger partial charge in [-0.2, -0.15) is 13.2 Å². The number of carbonyl (C=O) groups excluding carboxylic acids is 1. The number of nitrogens with zero attached hydrogens (tertiary/aromatic N) is 3. The Morgan fingerprint density at radius 1 is 1.00 bits per heavy atom. The van der Waals surface area contributed by atoms with Gasteiger partial charge >= 0.3 is 11.9 Å². The van der Waals surface area contributed by atoms with Crippen molar-refractivity contribution >= 4 is 16.8 Å². The van der Waals surface area contributed by atoms with Gasteiger partial charge in [0.2, 0.25) is 5.91 Å². The summed E-state index contributed by atoms with van der Waals surface area (Å²) in [6.45, 7) is -0.258. The van der Waals surface area contributed by atoms with Crippen LogP contribution in [0.15, 0.2) is 82.6 Å². The predicted molar refractivity (Wildman–Crippen MR) is 115 cm³/mol. The molecule has 7 nitrogen and oxygen atoms in total. The van der Waals surface area contributed by atoms with Gasteiger partial charge in [0, 0.05) is 18.9 Å². The van der Waals surface area contributed by atoms with Gasteiger partial charge in [0.05, 0.1) is 22.2 Å². The van der Waals surface area contributed by atoms with Crippen molar-refractivity contribution in [1.29, 1.82) is 0 Å². The number of aromatic nitrogens is 3. The van der Waals surface area contributed by atoms with Crippen LogP contribution in [-0.2, 0) is 24.1 Å². The number of hydrogen-bond donors (Lipinski definition) is 1. The van der Waals surface area contributed by atoms with E-state index >= 15 is 0 Å². The van der Waals surface area contributed by atoms with Gasteiger partial charge in [0.25, 0.3) is 5.56 Å². The summed E-state index contributed by atoms with van der Waals surface area (Å²) in [5, 5.41) is 2.76. The van der Waals surface area contributed by atoms with E-state index in [4.69, 9.17) is 0 Å². The second-order valence-electron chi connectivity index (χ2n) is 7.21. The minimum absolute atomic E-state index is 0.0922. The van der Waals surface area contributed by atoms with E-state index in [0.717, 1.165) is 28.3 Å². The van der Waals surface area contributed by atoms with Gasteiger partial charge in [-0.05, 0) is 42.0 Å². The Morgan fingerprint density at radius 3 is 2.52 bits per heavy atom. The van der Waals surface area contributed by atoms with Crippen LogP contribution in [0.2, 0.25) is 0 Å². The van der Waals surface area contributed by atoms with E-state index in [-0.39, 0.29) is 23.1 Å². The van der Waals surface area contributed by atoms with Crippen molar-refractivity contribution in [3.63, 3.8) is 0 Å². The summed E-state index contributed by atoms with van der Waals surface area (Å²) in [5.74, 6) is -0.514. The second kappa shape index (κ2) is 8.73. The third kappa shape index (κ3) is 4.54. The van der Waals surface area contributed by atoms with Gasteiger partial charge in [-0.15, -0.1) is 0 Å². The molecule has 0 saturated heterocycles. The highest BCUT2D eigenvalue weighted by atomic mass is 19.4. The molecule has 0 saturated carbocycles. The van der Waals surface area contributed by atoms with E-state index in [1.807, 2.05) is 0 Å². The second-order valence-corrected chi connectivity index (χ2v) is 7.21. The Morgan fingerprint density at radius 2 is 1.79 bits per heavy atom. The lowest BCUT2D eigenvalue weighted by atomic mass is 10.2. The van der Waals surface area contributed by atoms with Crippen LogP contribution in [0.5, 0.6) is 0 Å². The number of carbonyl (C=O) groups is 1. The molecule has 1 N–H and O–H groups in total. The molecule has 0 unspecified atom stereocenters. The summed E-state index contributed by atoms with van der Waals surface area (Å²) in [6, 6.07) is 13.5. The number of nitrogens with one attached hydrogen (secondary N) is 1. The minimum atomic E-state index is -4.65. The minimum Gasteiger partial charge on any atom is -0.350 e. The van der Waals surface area contributed by atoms with Crippen molar-refractivity contribution in [2.75, 3.05) is 0 Å². The van der Waals surface area contributed by atoms with Gasteiger partial charge in [-0.1, -0.05) is 24.3 Å². The number of benzene rings is 2. The van der Waals surface area contributed by atoms with E-state index in [0.29, 0.717) is 4.57 Å². The Balaban J connectivity index is 1.78. The quantitative estimate of drug-likeness (QED) is 0.503. The van der Waals surface area contributed by atoms with Crippen molar-refractivity contribution in [3.8, 4) is 5.69 Å². The number of para-hydroxylation sites is 1. The maximum absolute atomic E-state index is 13.2. The van der Waals surface area contributed by atoms with Crippen LogP contribution >= 0.6 is 0 Å². The van der Waals surface area contributed by atoms with Crippen LogP contribution in [0.25, 0.3) is 16.6 Å². The van der Waals surface area contributed by atoms with Crippen LogP contribution in [0, 0.1) is 0 Å². The smallest absolute Gasteiger partial charge is 0.350 e. The Labute approximate surface area is 184 Å². The van der Waals surface area contributed by atoms with Crippen molar-refractivity contribution < 1.29 is 18.0 Å². The van der Waals surface area contributed by atoms with E-state index in [1.54, 1.807) is 36.7 Å². The first-order valence-corrected chi connectivity index (χ1v) is 9.83. The highest BCUT2D eigenvalue weighted by Gasteiger charge is 2.31. The van der Waals surface area contributed by atoms with Gasteiger partial charge in [0.1, 0.15) is 6.54 Å². The summed E-state index contributed by atoms with van der Waals surface area (Å²) in [7, 11) is 0. The molecule has 0 bridgehead atoms. The van der Waals surface area contributed by atoms with Gasteiger partial charge in [-0.3, -0.25) is 19.1 Å². The van der Waals surface area contributed by atoms with E-state index in [2.05, 4.69) is 10.3 Å². The molecule has 0 aliphatic heterocycles. The average Bonchev–Trinajstić information content (AvgIpc) is 2.81. The fourth-order valence-electron chi connectivity index (χ4n) is 3.43. The Hall–Kier alpha value is -4.21. The molecule has 4 aromatic rings. The highest BCUT2D eigenvalue weighted by molar-refractivity contribution is 5.81. The molecule has 4 rings (SSSR count). The fourth-order valence-corrected chi connectivity index (χ4v) is 3.43. The Bertz CT molecular complexity index is 1440. The molecule has 0 spiro atoms. The zero-order valence-electron chi connectivity index (χ0n) is 17.0. The summed E-state index contributed by atoms with van der Waals surface area (Å²) in [5.41, 5.74) is -1.99. The lowest BCUT2D eigenvalue weighted by Gasteiger charge is -2.15. The number of alkyl halides is 3. The highest BCUT2D eigenvalue weighted by Crippen LogP contribution is 2.30. The first-order chi connectivity index (χ1) is 15.8. The number of halogens is 3. The van der Waals surface area contributed by atoms with Gasteiger partial charge in [-0.25, -0.2) is 9.36 Å². The molecular weight excluding hydrogens is 437 g/mol. The molecule has 0 aliphatic carbocycles. The third-order valence-corrected chi connectivity index (χ3v) is 5.00. The standard InChI is InChI=1S/C23H17F3N4O3/c24-23(25,26)16-6-3-7-17(11-16)30-21(32)18-8-1-2-9-19(18)29(22(30)33)14-20(31)28-13-15-5-4-10-27-12-15/h1-12H,13-14H2,(H,28,31). The lowest BCUT2D eigenvalue weighted by molar-refractivity contribution is -0.137. The van der Waals surface area contributed by atoms with Crippen molar-refractivity contribution in [3.05, 3.63) is 105 Å². The first-order valence-electron chi connectivity index (χ1n) is 9.83. The third-order valence-electron chi connectivity index (χ3n) is 5.00. The molecule has 1 amide bonds. The maximum atomic E-state index is 13.2. The monoisotopic (exact) mass is 454 g/mol. The number of amides is 1. The molecule has 33 heavy (non-hydrogen) atoms. The summed E-state index contributed by atoms with van der Waals surface area (Å²) >= 11 is 0. The van der Waals surface area contributed by atoms with E-state index in [1.165, 1.54) is 18.2 Å². The maximum Gasteiger partial charge on any atom is 0.416 e. The van der Waals surface area contributed by atoms with Crippen LogP contribution < -0.4 is 16.6 Å². The number of hydrogen-bond acceptors (Lipinski definition) is 4. The molecule has 2 heterocycles. The van der Waals surface area contributed by atoms with Crippen LogP contribution in [0.4, 0.5) is 13.2 Å². The summed E-state index contributed by atoms with van der Waals surface area (Å²) < 4.78 is 41.3. The van der Waals surface area contributed by atoms with Gasteiger partial charge < -0.3 is 5.32 Å². The fraction of sp³-hybridized carbons (Fsp3) is 0.130. The van der Waals surface area contributed by atoms with E-state index in [9.17, 15) is 27.6 Å². The Kier molecular flexibility index (Phi) is 5.82. The number of pyridine rings is 1. The normalized spacial score (nSPS) is 11.5. The number of rotatable bonds is 5. The van der Waals surface area contributed by atoms with Crippen LogP contribution in [0.3, 0.4) is 0 Å². The molecule has 2 aromatic heterocycles. The molecule has 0 radical (unpaired) electrons. The zero-order chi connectivity index (χ0) is 23.6. The molecule has 0 atom stereocenters.